The van der Waals surface area contributed by atoms with Crippen LogP contribution in [0.25, 0.3) is 0 Å². The van der Waals surface area contributed by atoms with Crippen LogP contribution in [0.3, 0.4) is 0 Å². The molecule has 0 aliphatic heterocycles. The summed E-state index contributed by atoms with van der Waals surface area (Å²) < 4.78 is 38.5. The normalized spacial score (nSPS) is 16.6. The largest absolute Gasteiger partial charge is 0.411 e. The molecule has 5 nitrogen and oxygen atoms in total. The van der Waals surface area contributed by atoms with Crippen molar-refractivity contribution in [1.82, 2.24) is 10.3 Å². The summed E-state index contributed by atoms with van der Waals surface area (Å²) in [5, 5.41) is 2.58. The van der Waals surface area contributed by atoms with E-state index in [9.17, 15) is 18.0 Å². The number of carbonyl (C=O) groups is 1. The lowest BCUT2D eigenvalue weighted by Gasteiger charge is -2.20. The fourth-order valence-electron chi connectivity index (χ4n) is 1.96. The van der Waals surface area contributed by atoms with Crippen molar-refractivity contribution in [2.45, 2.75) is 37.9 Å². The smallest absolute Gasteiger partial charge is 0.382 e. The molecule has 1 aliphatic carbocycles. The molecule has 0 atom stereocenters. The van der Waals surface area contributed by atoms with Gasteiger partial charge in [0.15, 0.2) is 5.13 Å². The number of hydrogen-bond acceptors (Lipinski definition) is 5. The molecular weight excluding hydrogens is 305 g/mol. The SMILES string of the molecule is CCCN(C)c1nc(N)c(C(=O)NC2(C(F)(F)F)CC2)s1. The molecule has 2 rings (SSSR count). The lowest BCUT2D eigenvalue weighted by atomic mass is 10.2. The van der Waals surface area contributed by atoms with Crippen molar-refractivity contribution in [2.75, 3.05) is 24.2 Å². The molecule has 0 spiro atoms. The number of nitrogens with one attached hydrogen (secondary N) is 1. The third-order valence-corrected chi connectivity index (χ3v) is 4.56. The number of anilines is 2. The van der Waals surface area contributed by atoms with Crippen LogP contribution < -0.4 is 16.0 Å². The summed E-state index contributed by atoms with van der Waals surface area (Å²) in [5.41, 5.74) is 3.57. The van der Waals surface area contributed by atoms with E-state index in [0.29, 0.717) is 5.13 Å². The van der Waals surface area contributed by atoms with E-state index < -0.39 is 17.6 Å². The highest BCUT2D eigenvalue weighted by atomic mass is 32.1. The average molecular weight is 322 g/mol. The Morgan fingerprint density at radius 1 is 1.52 bits per heavy atom. The molecule has 1 fully saturated rings. The fraction of sp³-hybridized carbons (Fsp3) is 0.667. The van der Waals surface area contributed by atoms with E-state index in [1.54, 1.807) is 7.05 Å². The third kappa shape index (κ3) is 3.07. The Bertz CT molecular complexity index is 539. The molecule has 1 aliphatic rings. The van der Waals surface area contributed by atoms with Crippen molar-refractivity contribution in [1.29, 1.82) is 0 Å². The molecule has 1 aromatic heterocycles. The Hall–Kier alpha value is -1.51. The molecule has 0 radical (unpaired) electrons. The quantitative estimate of drug-likeness (QED) is 0.873. The molecule has 0 aromatic carbocycles. The van der Waals surface area contributed by atoms with Crippen molar-refractivity contribution in [3.05, 3.63) is 4.88 Å². The first kappa shape index (κ1) is 15.9. The maximum atomic E-state index is 12.8. The maximum absolute atomic E-state index is 12.8. The van der Waals surface area contributed by atoms with Gasteiger partial charge < -0.3 is 16.0 Å². The second-order valence-corrected chi connectivity index (χ2v) is 6.14. The van der Waals surface area contributed by atoms with E-state index in [4.69, 9.17) is 5.73 Å². The summed E-state index contributed by atoms with van der Waals surface area (Å²) in [6.07, 6.45) is -3.74. The second kappa shape index (κ2) is 5.36. The van der Waals surface area contributed by atoms with Crippen LogP contribution in [0.2, 0.25) is 0 Å². The lowest BCUT2D eigenvalue weighted by molar-refractivity contribution is -0.163. The van der Waals surface area contributed by atoms with E-state index in [1.807, 2.05) is 11.8 Å². The monoisotopic (exact) mass is 322 g/mol. The Morgan fingerprint density at radius 2 is 2.14 bits per heavy atom. The molecule has 0 saturated heterocycles. The van der Waals surface area contributed by atoms with E-state index in [1.165, 1.54) is 0 Å². The molecule has 3 N–H and O–H groups in total. The van der Waals surface area contributed by atoms with Gasteiger partial charge in [0.25, 0.3) is 5.91 Å². The van der Waals surface area contributed by atoms with Crippen molar-refractivity contribution in [2.24, 2.45) is 0 Å². The highest BCUT2D eigenvalue weighted by molar-refractivity contribution is 7.18. The number of rotatable bonds is 5. The number of carbonyl (C=O) groups excluding carboxylic acids is 1. The number of alkyl halides is 3. The van der Waals surface area contributed by atoms with Gasteiger partial charge in [0.05, 0.1) is 0 Å². The first-order valence-electron chi connectivity index (χ1n) is 6.57. The number of nitrogens with zero attached hydrogens (tertiary/aromatic N) is 2. The van der Waals surface area contributed by atoms with Gasteiger partial charge in [-0.1, -0.05) is 18.3 Å². The average Bonchev–Trinajstić information content (AvgIpc) is 3.05. The Morgan fingerprint density at radius 3 is 2.62 bits per heavy atom. The molecule has 9 heteroatoms. The highest BCUT2D eigenvalue weighted by Gasteiger charge is 2.64. The standard InChI is InChI=1S/C12H17F3N4OS/c1-3-6-19(2)10-17-8(16)7(21-10)9(20)18-11(4-5-11)12(13,14)15/h3-6,16H2,1-2H3,(H,18,20). The molecule has 1 aromatic rings. The van der Waals surface area contributed by atoms with E-state index in [0.717, 1.165) is 24.3 Å². The summed E-state index contributed by atoms with van der Waals surface area (Å²) in [6, 6.07) is 0. The number of aromatic nitrogens is 1. The van der Waals surface area contributed by atoms with Crippen LogP contribution in [0.15, 0.2) is 0 Å². The fourth-order valence-corrected chi connectivity index (χ4v) is 2.82. The molecular formula is C12H17F3N4OS. The first-order valence-corrected chi connectivity index (χ1v) is 7.38. The van der Waals surface area contributed by atoms with Crippen molar-refractivity contribution >= 4 is 28.2 Å². The van der Waals surface area contributed by atoms with Gasteiger partial charge in [-0.05, 0) is 19.3 Å². The zero-order valence-corrected chi connectivity index (χ0v) is 12.6. The number of hydrogen-bond donors (Lipinski definition) is 2. The van der Waals surface area contributed by atoms with Crippen LogP contribution in [0.4, 0.5) is 24.1 Å². The summed E-state index contributed by atoms with van der Waals surface area (Å²) in [6.45, 7) is 2.71. The molecule has 0 unspecified atom stereocenters. The second-order valence-electron chi connectivity index (χ2n) is 5.17. The van der Waals surface area contributed by atoms with E-state index in [2.05, 4.69) is 10.3 Å². The van der Waals surface area contributed by atoms with Crippen LogP contribution in [0.1, 0.15) is 35.9 Å². The van der Waals surface area contributed by atoms with Gasteiger partial charge >= 0.3 is 6.18 Å². The van der Waals surface area contributed by atoms with Crippen LogP contribution in [-0.2, 0) is 0 Å². The maximum Gasteiger partial charge on any atom is 0.411 e. The molecule has 1 saturated carbocycles. The van der Waals surface area contributed by atoms with Crippen molar-refractivity contribution in [3.8, 4) is 0 Å². The molecule has 1 amide bonds. The van der Waals surface area contributed by atoms with Crippen LogP contribution in [0.5, 0.6) is 0 Å². The van der Waals surface area contributed by atoms with Crippen LogP contribution in [-0.4, -0.2) is 36.2 Å². The Kier molecular flexibility index (Phi) is 4.05. The summed E-state index contributed by atoms with van der Waals surface area (Å²) in [7, 11) is 1.79. The minimum Gasteiger partial charge on any atom is -0.382 e. The number of nitrogens with two attached hydrogens (primary N) is 1. The van der Waals surface area contributed by atoms with Gasteiger partial charge in [0.2, 0.25) is 0 Å². The highest BCUT2D eigenvalue weighted by Crippen LogP contribution is 2.49. The van der Waals surface area contributed by atoms with Crippen molar-refractivity contribution in [3.63, 3.8) is 0 Å². The van der Waals surface area contributed by atoms with Crippen LogP contribution >= 0.6 is 11.3 Å². The minimum atomic E-state index is -4.44. The molecule has 21 heavy (non-hydrogen) atoms. The summed E-state index contributed by atoms with van der Waals surface area (Å²) >= 11 is 1.01. The molecule has 1 heterocycles. The van der Waals surface area contributed by atoms with E-state index in [-0.39, 0.29) is 23.5 Å². The number of amides is 1. The number of nitrogen functional groups attached to an aromatic ring is 1. The van der Waals surface area contributed by atoms with Gasteiger partial charge in [-0.2, -0.15) is 13.2 Å². The van der Waals surface area contributed by atoms with Gasteiger partial charge in [0, 0.05) is 13.6 Å². The van der Waals surface area contributed by atoms with Gasteiger partial charge in [-0.15, -0.1) is 0 Å². The van der Waals surface area contributed by atoms with Gasteiger partial charge in [0.1, 0.15) is 16.2 Å². The summed E-state index contributed by atoms with van der Waals surface area (Å²) in [5.74, 6) is -0.843. The topological polar surface area (TPSA) is 71.2 Å². The van der Waals surface area contributed by atoms with Crippen LogP contribution in [0, 0.1) is 0 Å². The first-order chi connectivity index (χ1) is 9.70. The lowest BCUT2D eigenvalue weighted by Crippen LogP contribution is -2.47. The molecule has 0 bridgehead atoms. The Balaban J connectivity index is 2.14. The predicted molar refractivity (Wildman–Crippen MR) is 75.6 cm³/mol. The predicted octanol–water partition coefficient (Wildman–Crippen LogP) is 2.40. The zero-order valence-electron chi connectivity index (χ0n) is 11.8. The summed E-state index contributed by atoms with van der Waals surface area (Å²) in [4.78, 5) is 17.9. The van der Waals surface area contributed by atoms with Gasteiger partial charge in [-0.3, -0.25) is 4.79 Å². The minimum absolute atomic E-state index is 0.0310. The zero-order chi connectivity index (χ0) is 15.8. The third-order valence-electron chi connectivity index (χ3n) is 3.38. The van der Waals surface area contributed by atoms with Gasteiger partial charge in [-0.25, -0.2) is 4.98 Å². The number of thiazole rings is 1. The van der Waals surface area contributed by atoms with E-state index >= 15 is 0 Å². The Labute approximate surface area is 124 Å². The van der Waals surface area contributed by atoms with Crippen molar-refractivity contribution < 1.29 is 18.0 Å². The molecule has 118 valence electrons. The number of halogens is 3.